The quantitative estimate of drug-likeness (QED) is 0.592. The molecule has 1 aliphatic heterocycles. The van der Waals surface area contributed by atoms with Crippen molar-refractivity contribution in [2.45, 2.75) is 37.9 Å². The van der Waals surface area contributed by atoms with Gasteiger partial charge in [0.15, 0.2) is 0 Å². The Morgan fingerprint density at radius 1 is 1.77 bits per heavy atom. The van der Waals surface area contributed by atoms with Crippen LogP contribution in [0.3, 0.4) is 0 Å². The zero-order valence-electron chi connectivity index (χ0n) is 7.32. The Morgan fingerprint density at radius 3 is 2.85 bits per heavy atom. The van der Waals surface area contributed by atoms with Gasteiger partial charge in [-0.2, -0.15) is 0 Å². The fourth-order valence-corrected chi connectivity index (χ4v) is 1.60. The van der Waals surface area contributed by atoms with E-state index in [1.807, 2.05) is 0 Å². The molecular formula is C8H12O5. The number of carboxylic acid groups (broad SMARTS) is 1. The van der Waals surface area contributed by atoms with E-state index in [-0.39, 0.29) is 12.8 Å². The van der Waals surface area contributed by atoms with E-state index in [1.165, 1.54) is 0 Å². The number of carbonyl (C=O) groups is 2. The SMILES string of the molecule is C[C@@H]1CC(O)(CC(=O)O)CC(=O)O1. The van der Waals surface area contributed by atoms with Crippen molar-refractivity contribution in [3.05, 3.63) is 0 Å². The molecule has 1 saturated heterocycles. The maximum absolute atomic E-state index is 10.9. The lowest BCUT2D eigenvalue weighted by Gasteiger charge is -2.33. The predicted molar refractivity (Wildman–Crippen MR) is 42.0 cm³/mol. The van der Waals surface area contributed by atoms with Gasteiger partial charge < -0.3 is 14.9 Å². The van der Waals surface area contributed by atoms with Gasteiger partial charge in [-0.3, -0.25) is 9.59 Å². The molecule has 5 nitrogen and oxygen atoms in total. The second-order valence-electron chi connectivity index (χ2n) is 3.48. The van der Waals surface area contributed by atoms with Gasteiger partial charge in [-0.15, -0.1) is 0 Å². The molecule has 0 bridgehead atoms. The monoisotopic (exact) mass is 188 g/mol. The van der Waals surface area contributed by atoms with Crippen molar-refractivity contribution in [3.8, 4) is 0 Å². The van der Waals surface area contributed by atoms with E-state index < -0.39 is 30.1 Å². The highest BCUT2D eigenvalue weighted by Crippen LogP contribution is 2.28. The minimum atomic E-state index is -1.43. The summed E-state index contributed by atoms with van der Waals surface area (Å²) in [6.07, 6.45) is -0.869. The van der Waals surface area contributed by atoms with Crippen LogP contribution in [-0.2, 0) is 14.3 Å². The Kier molecular flexibility index (Phi) is 2.56. The number of rotatable bonds is 2. The van der Waals surface area contributed by atoms with Crippen LogP contribution in [0, 0.1) is 0 Å². The molecule has 1 unspecified atom stereocenters. The summed E-state index contributed by atoms with van der Waals surface area (Å²) < 4.78 is 4.77. The molecule has 74 valence electrons. The van der Waals surface area contributed by atoms with E-state index >= 15 is 0 Å². The topological polar surface area (TPSA) is 83.8 Å². The number of aliphatic hydroxyl groups is 1. The highest BCUT2D eigenvalue weighted by atomic mass is 16.5. The molecule has 0 spiro atoms. The maximum atomic E-state index is 10.9. The fraction of sp³-hybridized carbons (Fsp3) is 0.750. The van der Waals surface area contributed by atoms with Crippen LogP contribution in [0.4, 0.5) is 0 Å². The van der Waals surface area contributed by atoms with Gasteiger partial charge in [-0.25, -0.2) is 0 Å². The van der Waals surface area contributed by atoms with Gasteiger partial charge in [0.05, 0.1) is 18.4 Å². The van der Waals surface area contributed by atoms with Crippen LogP contribution < -0.4 is 0 Å². The van der Waals surface area contributed by atoms with Crippen molar-refractivity contribution < 1.29 is 24.5 Å². The lowest BCUT2D eigenvalue weighted by atomic mass is 9.87. The Morgan fingerprint density at radius 2 is 2.38 bits per heavy atom. The maximum Gasteiger partial charge on any atom is 0.308 e. The first-order valence-corrected chi connectivity index (χ1v) is 4.05. The Labute approximate surface area is 75.3 Å². The second-order valence-corrected chi connectivity index (χ2v) is 3.48. The van der Waals surface area contributed by atoms with Gasteiger partial charge in [-0.05, 0) is 6.92 Å². The Bertz CT molecular complexity index is 233. The van der Waals surface area contributed by atoms with Gasteiger partial charge in [-0.1, -0.05) is 0 Å². The molecule has 0 aromatic rings. The minimum Gasteiger partial charge on any atom is -0.481 e. The molecule has 0 amide bonds. The Balaban J connectivity index is 2.66. The van der Waals surface area contributed by atoms with Gasteiger partial charge >= 0.3 is 11.9 Å². The highest BCUT2D eigenvalue weighted by Gasteiger charge is 2.39. The van der Waals surface area contributed by atoms with Crippen LogP contribution >= 0.6 is 0 Å². The number of aliphatic carboxylic acids is 1. The number of hydrogen-bond donors (Lipinski definition) is 2. The highest BCUT2D eigenvalue weighted by molar-refractivity contribution is 5.75. The molecule has 0 aromatic carbocycles. The van der Waals surface area contributed by atoms with Crippen LogP contribution in [0.1, 0.15) is 26.2 Å². The van der Waals surface area contributed by atoms with Gasteiger partial charge in [0.1, 0.15) is 6.10 Å². The summed E-state index contributed by atoms with van der Waals surface area (Å²) in [6, 6.07) is 0. The number of ether oxygens (including phenoxy) is 1. The van der Waals surface area contributed by atoms with Crippen molar-refractivity contribution in [2.75, 3.05) is 0 Å². The zero-order valence-corrected chi connectivity index (χ0v) is 7.32. The van der Waals surface area contributed by atoms with Crippen molar-refractivity contribution >= 4 is 11.9 Å². The zero-order chi connectivity index (χ0) is 10.1. The minimum absolute atomic E-state index is 0.186. The standard InChI is InChI=1S/C8H12O5/c1-5-2-8(12,3-6(9)10)4-7(11)13-5/h5,12H,2-4H2,1H3,(H,9,10)/t5-,8?/m1/s1. The predicted octanol–water partition coefficient (Wildman–Crippen LogP) is -0.0823. The molecule has 1 rings (SSSR count). The summed E-state index contributed by atoms with van der Waals surface area (Å²) in [5.41, 5.74) is -1.43. The van der Waals surface area contributed by atoms with Gasteiger partial charge in [0.25, 0.3) is 0 Å². The molecule has 0 aliphatic carbocycles. The van der Waals surface area contributed by atoms with Crippen LogP contribution in [0.25, 0.3) is 0 Å². The average molecular weight is 188 g/mol. The number of hydrogen-bond acceptors (Lipinski definition) is 4. The third-order valence-corrected chi connectivity index (χ3v) is 1.95. The molecule has 1 fully saturated rings. The molecule has 2 N–H and O–H groups in total. The summed E-state index contributed by atoms with van der Waals surface area (Å²) in [7, 11) is 0. The van der Waals surface area contributed by atoms with Crippen molar-refractivity contribution in [3.63, 3.8) is 0 Å². The summed E-state index contributed by atoms with van der Waals surface area (Å²) in [5, 5.41) is 18.2. The number of carbonyl (C=O) groups excluding carboxylic acids is 1. The second kappa shape index (κ2) is 3.33. The largest absolute Gasteiger partial charge is 0.481 e. The summed E-state index contributed by atoms with van der Waals surface area (Å²) in [4.78, 5) is 21.3. The van der Waals surface area contributed by atoms with Crippen LogP contribution in [-0.4, -0.2) is 33.9 Å². The summed E-state index contributed by atoms with van der Waals surface area (Å²) >= 11 is 0. The van der Waals surface area contributed by atoms with E-state index in [2.05, 4.69) is 0 Å². The summed E-state index contributed by atoms with van der Waals surface area (Å²) in [6.45, 7) is 1.63. The van der Waals surface area contributed by atoms with E-state index in [1.54, 1.807) is 6.92 Å². The van der Waals surface area contributed by atoms with E-state index in [0.717, 1.165) is 0 Å². The lowest BCUT2D eigenvalue weighted by Crippen LogP contribution is -2.43. The average Bonchev–Trinajstić information content (AvgIpc) is 1.77. The number of carboxylic acids is 1. The van der Waals surface area contributed by atoms with E-state index in [0.29, 0.717) is 0 Å². The van der Waals surface area contributed by atoms with E-state index in [9.17, 15) is 14.7 Å². The van der Waals surface area contributed by atoms with Crippen LogP contribution in [0.5, 0.6) is 0 Å². The number of esters is 1. The first-order chi connectivity index (χ1) is 5.91. The molecule has 0 aromatic heterocycles. The Hall–Kier alpha value is -1.10. The molecule has 5 heteroatoms. The smallest absolute Gasteiger partial charge is 0.308 e. The number of cyclic esters (lactones) is 1. The van der Waals surface area contributed by atoms with Crippen molar-refractivity contribution in [1.82, 2.24) is 0 Å². The molecular weight excluding hydrogens is 176 g/mol. The molecule has 2 atom stereocenters. The molecule has 1 heterocycles. The molecule has 13 heavy (non-hydrogen) atoms. The first kappa shape index (κ1) is 9.98. The molecule has 0 radical (unpaired) electrons. The van der Waals surface area contributed by atoms with E-state index in [4.69, 9.17) is 9.84 Å². The molecule has 0 saturated carbocycles. The first-order valence-electron chi connectivity index (χ1n) is 4.05. The third kappa shape index (κ3) is 2.69. The third-order valence-electron chi connectivity index (χ3n) is 1.95. The normalized spacial score (nSPS) is 34.0. The van der Waals surface area contributed by atoms with Gasteiger partial charge in [0.2, 0.25) is 0 Å². The summed E-state index contributed by atoms with van der Waals surface area (Å²) in [5.74, 6) is -1.65. The molecule has 1 aliphatic rings. The van der Waals surface area contributed by atoms with Crippen LogP contribution in [0.15, 0.2) is 0 Å². The fourth-order valence-electron chi connectivity index (χ4n) is 1.60. The van der Waals surface area contributed by atoms with Crippen LogP contribution in [0.2, 0.25) is 0 Å². The van der Waals surface area contributed by atoms with Gasteiger partial charge in [0, 0.05) is 6.42 Å². The van der Waals surface area contributed by atoms with Crippen molar-refractivity contribution in [2.24, 2.45) is 0 Å². The lowest BCUT2D eigenvalue weighted by molar-refractivity contribution is -0.171. The van der Waals surface area contributed by atoms with Crippen molar-refractivity contribution in [1.29, 1.82) is 0 Å².